The molecule has 0 saturated heterocycles. The van der Waals surface area contributed by atoms with Crippen LogP contribution in [0.1, 0.15) is 32.8 Å². The fraction of sp³-hybridized carbons (Fsp3) is 0.438. The summed E-state index contributed by atoms with van der Waals surface area (Å²) in [5.41, 5.74) is 1.30. The third-order valence-corrected chi connectivity index (χ3v) is 3.85. The fourth-order valence-electron chi connectivity index (χ4n) is 2.52. The second kappa shape index (κ2) is 5.65. The second-order valence-corrected chi connectivity index (χ2v) is 5.65. The van der Waals surface area contributed by atoms with Gasteiger partial charge in [0.15, 0.2) is 0 Å². The van der Waals surface area contributed by atoms with Gasteiger partial charge in [0.05, 0.1) is 5.57 Å². The number of benzene rings is 1. The molecule has 1 aliphatic rings. The molecule has 1 aliphatic heterocycles. The Morgan fingerprint density at radius 2 is 1.95 bits per heavy atom. The maximum absolute atomic E-state index is 12.9. The molecule has 0 bridgehead atoms. The minimum absolute atomic E-state index is 0.0312. The Balaban J connectivity index is 2.27. The highest BCUT2D eigenvalue weighted by Gasteiger charge is 2.33. The maximum atomic E-state index is 12.9. The van der Waals surface area contributed by atoms with Crippen molar-refractivity contribution >= 4 is 5.91 Å². The van der Waals surface area contributed by atoms with E-state index in [1.54, 1.807) is 24.0 Å². The van der Waals surface area contributed by atoms with E-state index in [9.17, 15) is 14.3 Å². The Morgan fingerprint density at radius 3 is 2.50 bits per heavy atom. The van der Waals surface area contributed by atoms with Gasteiger partial charge in [-0.1, -0.05) is 26.0 Å². The van der Waals surface area contributed by atoms with Gasteiger partial charge < -0.3 is 10.0 Å². The average Bonchev–Trinajstić information content (AvgIpc) is 2.41. The number of amides is 1. The smallest absolute Gasteiger partial charge is 0.253 e. The lowest BCUT2D eigenvalue weighted by Crippen LogP contribution is -2.46. The number of rotatable bonds is 3. The van der Waals surface area contributed by atoms with E-state index < -0.39 is 0 Å². The summed E-state index contributed by atoms with van der Waals surface area (Å²) in [6, 6.07) is 6.14. The Morgan fingerprint density at radius 1 is 1.35 bits per heavy atom. The first-order valence-electron chi connectivity index (χ1n) is 6.84. The molecule has 0 unspecified atom stereocenters. The molecule has 20 heavy (non-hydrogen) atoms. The van der Waals surface area contributed by atoms with E-state index in [0.717, 1.165) is 5.56 Å². The highest BCUT2D eigenvalue weighted by Crippen LogP contribution is 2.28. The SMILES string of the molecule is CC1=C(O)C[C@H](C(C)C)N(Cc2ccc(F)cc2)C1=O. The molecule has 1 amide bonds. The second-order valence-electron chi connectivity index (χ2n) is 5.65. The number of aliphatic hydroxyl groups excluding tert-OH is 1. The van der Waals surface area contributed by atoms with Gasteiger partial charge in [0.2, 0.25) is 0 Å². The minimum Gasteiger partial charge on any atom is -0.512 e. The summed E-state index contributed by atoms with van der Waals surface area (Å²) < 4.78 is 12.9. The van der Waals surface area contributed by atoms with E-state index in [1.807, 2.05) is 13.8 Å². The van der Waals surface area contributed by atoms with Crippen LogP contribution in [-0.2, 0) is 11.3 Å². The van der Waals surface area contributed by atoms with Crippen LogP contribution in [0.4, 0.5) is 4.39 Å². The summed E-state index contributed by atoms with van der Waals surface area (Å²) >= 11 is 0. The summed E-state index contributed by atoms with van der Waals surface area (Å²) in [5.74, 6) is 0.00308. The first-order valence-corrected chi connectivity index (χ1v) is 6.84. The minimum atomic E-state index is -0.284. The van der Waals surface area contributed by atoms with Crippen molar-refractivity contribution in [3.05, 3.63) is 47.0 Å². The molecule has 0 fully saturated rings. The van der Waals surface area contributed by atoms with E-state index in [0.29, 0.717) is 18.5 Å². The van der Waals surface area contributed by atoms with Gasteiger partial charge in [-0.15, -0.1) is 0 Å². The molecule has 1 atom stereocenters. The number of carbonyl (C=O) groups is 1. The van der Waals surface area contributed by atoms with Gasteiger partial charge >= 0.3 is 0 Å². The summed E-state index contributed by atoms with van der Waals surface area (Å²) in [4.78, 5) is 14.1. The molecular weight excluding hydrogens is 257 g/mol. The molecule has 0 aliphatic carbocycles. The quantitative estimate of drug-likeness (QED) is 0.919. The summed E-state index contributed by atoms with van der Waals surface area (Å²) in [6.45, 7) is 6.14. The summed E-state index contributed by atoms with van der Waals surface area (Å²) in [7, 11) is 0. The Hall–Kier alpha value is -1.84. The van der Waals surface area contributed by atoms with Gasteiger partial charge in [0.1, 0.15) is 11.6 Å². The zero-order valence-corrected chi connectivity index (χ0v) is 12.1. The highest BCUT2D eigenvalue weighted by atomic mass is 19.1. The number of hydrogen-bond donors (Lipinski definition) is 1. The van der Waals surface area contributed by atoms with Crippen molar-refractivity contribution in [3.8, 4) is 0 Å². The molecule has 0 radical (unpaired) electrons. The number of nitrogens with zero attached hydrogens (tertiary/aromatic N) is 1. The lowest BCUT2D eigenvalue weighted by atomic mass is 9.91. The molecule has 1 heterocycles. The largest absolute Gasteiger partial charge is 0.512 e. The Labute approximate surface area is 118 Å². The third kappa shape index (κ3) is 2.84. The molecule has 2 rings (SSSR count). The van der Waals surface area contributed by atoms with Gasteiger partial charge in [-0.3, -0.25) is 4.79 Å². The topological polar surface area (TPSA) is 40.5 Å². The first-order chi connectivity index (χ1) is 9.40. The Bertz CT molecular complexity index is 534. The number of carbonyl (C=O) groups excluding carboxylic acids is 1. The van der Waals surface area contributed by atoms with Crippen molar-refractivity contribution in [1.29, 1.82) is 0 Å². The van der Waals surface area contributed by atoms with Gasteiger partial charge in [-0.2, -0.15) is 0 Å². The first kappa shape index (κ1) is 14.6. The van der Waals surface area contributed by atoms with E-state index in [2.05, 4.69) is 0 Å². The lowest BCUT2D eigenvalue weighted by Gasteiger charge is -2.38. The maximum Gasteiger partial charge on any atom is 0.253 e. The normalized spacial score (nSPS) is 19.9. The van der Waals surface area contributed by atoms with Crippen LogP contribution in [0.25, 0.3) is 0 Å². The van der Waals surface area contributed by atoms with Crippen molar-refractivity contribution in [1.82, 2.24) is 4.90 Å². The monoisotopic (exact) mass is 277 g/mol. The van der Waals surface area contributed by atoms with Gasteiger partial charge in [-0.05, 0) is 30.5 Å². The van der Waals surface area contributed by atoms with Gasteiger partial charge in [-0.25, -0.2) is 4.39 Å². The van der Waals surface area contributed by atoms with Crippen LogP contribution >= 0.6 is 0 Å². The predicted octanol–water partition coefficient (Wildman–Crippen LogP) is 3.41. The molecule has 1 aromatic rings. The van der Waals surface area contributed by atoms with E-state index >= 15 is 0 Å². The number of hydrogen-bond acceptors (Lipinski definition) is 2. The van der Waals surface area contributed by atoms with Crippen LogP contribution < -0.4 is 0 Å². The fourth-order valence-corrected chi connectivity index (χ4v) is 2.52. The summed E-state index contributed by atoms with van der Waals surface area (Å²) in [6.07, 6.45) is 0.483. The van der Waals surface area contributed by atoms with Crippen molar-refractivity contribution in [2.45, 2.75) is 39.8 Å². The molecule has 0 aromatic heterocycles. The van der Waals surface area contributed by atoms with Gasteiger partial charge in [0.25, 0.3) is 5.91 Å². The van der Waals surface area contributed by atoms with Crippen molar-refractivity contribution in [2.24, 2.45) is 5.92 Å². The van der Waals surface area contributed by atoms with Crippen molar-refractivity contribution < 1.29 is 14.3 Å². The molecule has 1 N–H and O–H groups in total. The van der Waals surface area contributed by atoms with E-state index in [1.165, 1.54) is 12.1 Å². The van der Waals surface area contributed by atoms with Crippen molar-refractivity contribution in [3.63, 3.8) is 0 Å². The molecular formula is C16H20FNO2. The van der Waals surface area contributed by atoms with Crippen LogP contribution in [0.2, 0.25) is 0 Å². The van der Waals surface area contributed by atoms with Crippen LogP contribution in [0, 0.1) is 11.7 Å². The molecule has 4 heteroatoms. The third-order valence-electron chi connectivity index (χ3n) is 3.85. The number of aliphatic hydroxyl groups is 1. The van der Waals surface area contributed by atoms with Crippen LogP contribution in [0.5, 0.6) is 0 Å². The zero-order chi connectivity index (χ0) is 14.9. The molecule has 0 saturated carbocycles. The summed E-state index contributed by atoms with van der Waals surface area (Å²) in [5, 5.41) is 9.87. The standard InChI is InChI=1S/C16H20FNO2/c1-10(2)14-8-15(19)11(3)16(20)18(14)9-12-4-6-13(17)7-5-12/h4-7,10,14,19H,8-9H2,1-3H3/t14-/m1/s1. The van der Waals surface area contributed by atoms with Crippen LogP contribution in [0.15, 0.2) is 35.6 Å². The highest BCUT2D eigenvalue weighted by molar-refractivity contribution is 5.94. The van der Waals surface area contributed by atoms with E-state index in [-0.39, 0.29) is 29.4 Å². The molecule has 1 aromatic carbocycles. The molecule has 3 nitrogen and oxygen atoms in total. The van der Waals surface area contributed by atoms with E-state index in [4.69, 9.17) is 0 Å². The lowest BCUT2D eigenvalue weighted by molar-refractivity contribution is -0.132. The average molecular weight is 277 g/mol. The van der Waals surface area contributed by atoms with Gasteiger partial charge in [0, 0.05) is 19.0 Å². The molecule has 0 spiro atoms. The molecule has 108 valence electrons. The van der Waals surface area contributed by atoms with Crippen molar-refractivity contribution in [2.75, 3.05) is 0 Å². The number of halogens is 1. The Kier molecular flexibility index (Phi) is 4.12. The zero-order valence-electron chi connectivity index (χ0n) is 12.1. The van der Waals surface area contributed by atoms with Crippen LogP contribution in [-0.4, -0.2) is 22.0 Å². The predicted molar refractivity (Wildman–Crippen MR) is 75.5 cm³/mol. The van der Waals surface area contributed by atoms with Crippen LogP contribution in [0.3, 0.4) is 0 Å².